The van der Waals surface area contributed by atoms with Crippen molar-refractivity contribution < 1.29 is 53.0 Å². The molecule has 2 saturated carbocycles. The number of rotatable bonds is 9. The smallest absolute Gasteiger partial charge is 0.407 e. The Morgan fingerprint density at radius 1 is 1.12 bits per heavy atom. The zero-order valence-corrected chi connectivity index (χ0v) is 32.5. The fraction of sp³-hybridized carbons (Fsp3) is 0.821. The molecule has 0 bridgehead atoms. The van der Waals surface area contributed by atoms with Crippen molar-refractivity contribution in [3.8, 4) is 0 Å². The van der Waals surface area contributed by atoms with E-state index in [1.54, 1.807) is 40.7 Å². The molecule has 3 unspecified atom stereocenters. The summed E-state index contributed by atoms with van der Waals surface area (Å²) in [6, 6.07) is -0.959. The van der Waals surface area contributed by atoms with Crippen molar-refractivity contribution in [2.45, 2.75) is 162 Å². The van der Waals surface area contributed by atoms with Crippen LogP contribution in [0.5, 0.6) is 0 Å². The summed E-state index contributed by atoms with van der Waals surface area (Å²) in [6.07, 6.45) is -2.45. The largest absolute Gasteiger partial charge is 0.456 e. The molecule has 12 heteroatoms. The van der Waals surface area contributed by atoms with E-state index < -0.39 is 88.3 Å². The van der Waals surface area contributed by atoms with E-state index in [2.05, 4.69) is 32.7 Å². The van der Waals surface area contributed by atoms with Gasteiger partial charge in [-0.2, -0.15) is 0 Å². The van der Waals surface area contributed by atoms with Crippen molar-refractivity contribution in [3.05, 3.63) is 23.8 Å². The Bertz CT molecular complexity index is 1430. The standard InChI is InChI=1S/C39H61NO11/c1-14-28-48-26-16-27-39(18-46-27,50-23(7)41)31-22(6)38(36(11,12)45)17-25(20(4)29(38)21(5)32(49-28)37(26,31)13)47-33(43)30(42)24(15-19(2)3)40-34(44)51-35(8,9)10/h14,19,21-22,24-28,30-32,42,45H,1,15-18H2,2-13H3,(H,40,44)/t21-,22-,24-,25-,26?,27+,28?,30?,31-,32-,37+,38+,39-/m0/s1. The molecular formula is C39H61NO11. The first kappa shape index (κ1) is 39.7. The molecular weight excluding hydrogens is 658 g/mol. The molecule has 3 aliphatic carbocycles. The molecule has 2 saturated heterocycles. The van der Waals surface area contributed by atoms with Gasteiger partial charge in [0.2, 0.25) is 0 Å². The van der Waals surface area contributed by atoms with Crippen LogP contribution in [0.1, 0.15) is 102 Å². The molecule has 5 rings (SSSR count). The lowest BCUT2D eigenvalue weighted by molar-refractivity contribution is -0.387. The number of hydrogen-bond acceptors (Lipinski definition) is 11. The topological polar surface area (TPSA) is 159 Å². The highest BCUT2D eigenvalue weighted by Crippen LogP contribution is 2.71. The van der Waals surface area contributed by atoms with Gasteiger partial charge in [-0.05, 0) is 71.4 Å². The van der Waals surface area contributed by atoms with Crippen LogP contribution in [0.3, 0.4) is 0 Å². The molecule has 0 spiro atoms. The third-order valence-electron chi connectivity index (χ3n) is 12.6. The third kappa shape index (κ3) is 6.44. The minimum absolute atomic E-state index is 0.0332. The average molecular weight is 720 g/mol. The summed E-state index contributed by atoms with van der Waals surface area (Å²) < 4.78 is 37.3. The van der Waals surface area contributed by atoms with Gasteiger partial charge >= 0.3 is 18.0 Å². The Labute approximate surface area is 303 Å². The first-order valence-electron chi connectivity index (χ1n) is 18.5. The van der Waals surface area contributed by atoms with E-state index in [1.165, 1.54) is 6.92 Å². The van der Waals surface area contributed by atoms with Crippen LogP contribution in [0.25, 0.3) is 0 Å². The van der Waals surface area contributed by atoms with Gasteiger partial charge in [0.25, 0.3) is 0 Å². The maximum atomic E-state index is 13.9. The van der Waals surface area contributed by atoms with Crippen LogP contribution in [-0.4, -0.2) is 94.5 Å². The van der Waals surface area contributed by atoms with Crippen LogP contribution in [0.4, 0.5) is 4.79 Å². The quantitative estimate of drug-likeness (QED) is 0.168. The van der Waals surface area contributed by atoms with Crippen molar-refractivity contribution in [2.24, 2.45) is 34.5 Å². The van der Waals surface area contributed by atoms with Crippen LogP contribution in [-0.2, 0) is 38.0 Å². The number of ether oxygens (including phenoxy) is 6. The van der Waals surface area contributed by atoms with Crippen LogP contribution in [0.15, 0.2) is 23.8 Å². The summed E-state index contributed by atoms with van der Waals surface area (Å²) >= 11 is 0. The highest BCUT2D eigenvalue weighted by atomic mass is 16.7. The van der Waals surface area contributed by atoms with Crippen molar-refractivity contribution in [1.82, 2.24) is 5.32 Å². The predicted molar refractivity (Wildman–Crippen MR) is 187 cm³/mol. The lowest BCUT2D eigenvalue weighted by atomic mass is 9.47. The maximum absolute atomic E-state index is 13.9. The first-order valence-corrected chi connectivity index (χ1v) is 18.5. The van der Waals surface area contributed by atoms with Gasteiger partial charge in [0.1, 0.15) is 17.8 Å². The molecule has 3 N–H and O–H groups in total. The molecule has 12 nitrogen and oxygen atoms in total. The van der Waals surface area contributed by atoms with Crippen molar-refractivity contribution >= 4 is 18.0 Å². The summed E-state index contributed by atoms with van der Waals surface area (Å²) in [6.45, 7) is 26.4. The summed E-state index contributed by atoms with van der Waals surface area (Å²) in [4.78, 5) is 39.4. The van der Waals surface area contributed by atoms with Gasteiger partial charge in [-0.3, -0.25) is 4.79 Å². The van der Waals surface area contributed by atoms with E-state index in [4.69, 9.17) is 28.4 Å². The van der Waals surface area contributed by atoms with Gasteiger partial charge in [-0.25, -0.2) is 9.59 Å². The number of nitrogens with one attached hydrogen (secondary N) is 1. The second kappa shape index (κ2) is 13.4. The van der Waals surface area contributed by atoms with Gasteiger partial charge in [-0.1, -0.05) is 46.8 Å². The molecule has 0 aromatic heterocycles. The van der Waals surface area contributed by atoms with Gasteiger partial charge < -0.3 is 44.0 Å². The molecule has 2 heterocycles. The highest BCUT2D eigenvalue weighted by molar-refractivity contribution is 5.77. The normalized spacial score (nSPS) is 40.1. The number of carbonyl (C=O) groups excluding carboxylic acids is 3. The number of aliphatic hydroxyl groups excluding tert-OH is 1. The lowest BCUT2D eigenvalue weighted by Crippen LogP contribution is -2.78. The monoisotopic (exact) mass is 719 g/mol. The SMILES string of the molecule is C=CC1OC2C[C@H]3OC[C@@]3(OC(C)=O)[C@H]3[C@H](C)[C@]4(C(C)(C)O)C[C@H](OC(=O)C(O)[C@H](CC(C)C)NC(=O)OC(C)(C)C)C(C)=C4[C@H](C)[C@H](O1)[C@]23C. The van der Waals surface area contributed by atoms with Gasteiger partial charge in [0.15, 0.2) is 18.0 Å². The summed E-state index contributed by atoms with van der Waals surface area (Å²) in [5.41, 5.74) is -3.11. The lowest BCUT2D eigenvalue weighted by Gasteiger charge is -2.68. The number of alkyl carbamates (subject to hydrolysis) is 1. The molecule has 2 aliphatic heterocycles. The van der Waals surface area contributed by atoms with E-state index in [9.17, 15) is 24.6 Å². The fourth-order valence-electron chi connectivity index (χ4n) is 10.9. The maximum Gasteiger partial charge on any atom is 0.407 e. The minimum Gasteiger partial charge on any atom is -0.456 e. The first-order chi connectivity index (χ1) is 23.4. The van der Waals surface area contributed by atoms with Gasteiger partial charge in [0.05, 0.1) is 30.5 Å². The number of carbonyl (C=O) groups is 3. The second-order valence-electron chi connectivity index (χ2n) is 17.9. The molecule has 51 heavy (non-hydrogen) atoms. The van der Waals surface area contributed by atoms with Crippen LogP contribution < -0.4 is 5.32 Å². The van der Waals surface area contributed by atoms with E-state index in [-0.39, 0.29) is 36.9 Å². The van der Waals surface area contributed by atoms with E-state index in [0.29, 0.717) is 12.8 Å². The summed E-state index contributed by atoms with van der Waals surface area (Å²) in [7, 11) is 0. The number of fused-ring (bicyclic) bond motifs is 3. The van der Waals surface area contributed by atoms with E-state index in [0.717, 1.165) is 11.1 Å². The average Bonchev–Trinajstić information content (AvgIpc) is 3.25. The van der Waals surface area contributed by atoms with E-state index in [1.807, 2.05) is 20.8 Å². The molecule has 5 aliphatic rings. The molecule has 0 aromatic carbocycles. The molecule has 0 radical (unpaired) electrons. The summed E-state index contributed by atoms with van der Waals surface area (Å²) in [5.74, 6) is -2.33. The van der Waals surface area contributed by atoms with Crippen LogP contribution >= 0.6 is 0 Å². The van der Waals surface area contributed by atoms with Crippen molar-refractivity contribution in [3.63, 3.8) is 0 Å². The van der Waals surface area contributed by atoms with Crippen LogP contribution in [0.2, 0.25) is 0 Å². The molecule has 4 fully saturated rings. The zero-order valence-electron chi connectivity index (χ0n) is 32.5. The van der Waals surface area contributed by atoms with Crippen molar-refractivity contribution in [2.75, 3.05) is 6.61 Å². The molecule has 13 atom stereocenters. The number of esters is 2. The minimum atomic E-state index is -1.68. The third-order valence-corrected chi connectivity index (χ3v) is 12.6. The van der Waals surface area contributed by atoms with Gasteiger partial charge in [-0.15, -0.1) is 0 Å². The Balaban J connectivity index is 1.58. The molecule has 1 amide bonds. The Morgan fingerprint density at radius 3 is 2.27 bits per heavy atom. The Morgan fingerprint density at radius 2 is 1.76 bits per heavy atom. The zero-order chi connectivity index (χ0) is 38.2. The Kier molecular flexibility index (Phi) is 10.4. The fourth-order valence-corrected chi connectivity index (χ4v) is 10.9. The number of hydrogen-bond donors (Lipinski definition) is 3. The van der Waals surface area contributed by atoms with Crippen LogP contribution in [0, 0.1) is 34.5 Å². The predicted octanol–water partition coefficient (Wildman–Crippen LogP) is 4.98. The second-order valence-corrected chi connectivity index (χ2v) is 17.9. The summed E-state index contributed by atoms with van der Waals surface area (Å²) in [5, 5.41) is 26.5. The molecule has 0 aromatic rings. The van der Waals surface area contributed by atoms with Gasteiger partial charge in [0, 0.05) is 42.4 Å². The highest BCUT2D eigenvalue weighted by Gasteiger charge is 2.78. The molecule has 288 valence electrons. The Hall–Kier alpha value is -2.51. The van der Waals surface area contributed by atoms with Crippen molar-refractivity contribution in [1.29, 1.82) is 0 Å². The number of aliphatic hydroxyl groups is 2. The van der Waals surface area contributed by atoms with E-state index >= 15 is 0 Å². The number of amides is 1.